The van der Waals surface area contributed by atoms with Crippen LogP contribution < -0.4 is 0 Å². The van der Waals surface area contributed by atoms with Crippen LogP contribution in [0.3, 0.4) is 0 Å². The summed E-state index contributed by atoms with van der Waals surface area (Å²) in [7, 11) is 0. The first-order valence-corrected chi connectivity index (χ1v) is 5.83. The van der Waals surface area contributed by atoms with Crippen LogP contribution >= 0.6 is 27.3 Å². The normalized spacial score (nSPS) is 12.7. The van der Waals surface area contributed by atoms with E-state index in [1.165, 1.54) is 0 Å². The summed E-state index contributed by atoms with van der Waals surface area (Å²) in [5, 5.41) is 13.8. The number of nitrogens with zero attached hydrogens (tertiary/aromatic N) is 1. The fraction of sp³-hybridized carbons (Fsp3) is 0.100. The highest BCUT2D eigenvalue weighted by Gasteiger charge is 2.11. The van der Waals surface area contributed by atoms with Gasteiger partial charge >= 0.3 is 0 Å². The fourth-order valence-corrected chi connectivity index (χ4v) is 2.21. The van der Waals surface area contributed by atoms with Gasteiger partial charge in [0.05, 0.1) is 5.69 Å². The molecule has 72 valence electrons. The second kappa shape index (κ2) is 4.21. The van der Waals surface area contributed by atoms with Crippen molar-refractivity contribution in [3.8, 4) is 0 Å². The molecular formula is C10H8BrNOS. The van der Waals surface area contributed by atoms with Crippen molar-refractivity contribution in [1.29, 1.82) is 0 Å². The third kappa shape index (κ3) is 2.03. The van der Waals surface area contributed by atoms with Crippen LogP contribution in [0.5, 0.6) is 0 Å². The number of aromatic nitrogens is 1. The van der Waals surface area contributed by atoms with Gasteiger partial charge in [-0.05, 0) is 50.5 Å². The van der Waals surface area contributed by atoms with Gasteiger partial charge in [-0.1, -0.05) is 6.07 Å². The maximum Gasteiger partial charge on any atom is 0.122 e. The molecule has 0 radical (unpaired) electrons. The lowest BCUT2D eigenvalue weighted by atomic mass is 10.1. The van der Waals surface area contributed by atoms with Crippen LogP contribution in [-0.2, 0) is 0 Å². The van der Waals surface area contributed by atoms with Gasteiger partial charge < -0.3 is 5.11 Å². The van der Waals surface area contributed by atoms with Crippen LogP contribution in [0, 0.1) is 0 Å². The number of aliphatic hydroxyl groups is 1. The quantitative estimate of drug-likeness (QED) is 0.851. The van der Waals surface area contributed by atoms with Crippen molar-refractivity contribution in [2.45, 2.75) is 6.10 Å². The lowest BCUT2D eigenvalue weighted by Crippen LogP contribution is -2.00. The van der Waals surface area contributed by atoms with Crippen molar-refractivity contribution in [2.24, 2.45) is 0 Å². The Labute approximate surface area is 94.4 Å². The van der Waals surface area contributed by atoms with Gasteiger partial charge in [-0.15, -0.1) is 0 Å². The molecule has 2 rings (SSSR count). The molecule has 0 bridgehead atoms. The van der Waals surface area contributed by atoms with Crippen LogP contribution in [0.4, 0.5) is 0 Å². The Balaban J connectivity index is 2.32. The van der Waals surface area contributed by atoms with E-state index in [1.54, 1.807) is 11.3 Å². The summed E-state index contributed by atoms with van der Waals surface area (Å²) in [4.78, 5) is 4.20. The monoisotopic (exact) mass is 269 g/mol. The summed E-state index contributed by atoms with van der Waals surface area (Å²) in [6.07, 6.45) is -0.626. The van der Waals surface area contributed by atoms with Gasteiger partial charge in [-0.25, -0.2) is 4.98 Å². The molecule has 0 aliphatic carbocycles. The number of aliphatic hydroxyl groups excluding tert-OH is 1. The molecule has 0 saturated heterocycles. The van der Waals surface area contributed by atoms with Gasteiger partial charge in [0.1, 0.15) is 10.7 Å². The molecule has 1 atom stereocenters. The highest BCUT2D eigenvalue weighted by Crippen LogP contribution is 2.23. The standard InChI is InChI=1S/C10H8BrNOS/c11-9-3-1-2-8(12-9)10(13)7-4-5-14-6-7/h1-6,10,13H/t10-/m0/s1. The van der Waals surface area contributed by atoms with Gasteiger partial charge in [0.25, 0.3) is 0 Å². The topological polar surface area (TPSA) is 33.1 Å². The Hall–Kier alpha value is -0.710. The van der Waals surface area contributed by atoms with Crippen molar-refractivity contribution >= 4 is 27.3 Å². The molecule has 2 heterocycles. The Morgan fingerprint density at radius 2 is 2.21 bits per heavy atom. The number of halogens is 1. The number of hydrogen-bond acceptors (Lipinski definition) is 3. The van der Waals surface area contributed by atoms with E-state index in [4.69, 9.17) is 0 Å². The largest absolute Gasteiger partial charge is 0.382 e. The van der Waals surface area contributed by atoms with Gasteiger partial charge in [-0.3, -0.25) is 0 Å². The number of thiophene rings is 1. The molecule has 0 fully saturated rings. The molecule has 0 spiro atoms. The molecule has 0 amide bonds. The van der Waals surface area contributed by atoms with Crippen molar-refractivity contribution in [3.63, 3.8) is 0 Å². The zero-order chi connectivity index (χ0) is 9.97. The van der Waals surface area contributed by atoms with Gasteiger partial charge in [0.15, 0.2) is 0 Å². The number of pyridine rings is 1. The van der Waals surface area contributed by atoms with Crippen molar-refractivity contribution < 1.29 is 5.11 Å². The Bertz CT molecular complexity index is 416. The molecule has 2 nitrogen and oxygen atoms in total. The van der Waals surface area contributed by atoms with E-state index in [2.05, 4.69) is 20.9 Å². The molecular weight excluding hydrogens is 262 g/mol. The Morgan fingerprint density at radius 3 is 2.86 bits per heavy atom. The molecule has 2 aromatic rings. The van der Waals surface area contributed by atoms with E-state index in [9.17, 15) is 5.11 Å². The van der Waals surface area contributed by atoms with Gasteiger partial charge in [0, 0.05) is 0 Å². The fourth-order valence-electron chi connectivity index (χ4n) is 1.18. The van der Waals surface area contributed by atoms with Crippen LogP contribution in [0.1, 0.15) is 17.4 Å². The third-order valence-corrected chi connectivity index (χ3v) is 3.02. The van der Waals surface area contributed by atoms with Crippen molar-refractivity contribution in [2.75, 3.05) is 0 Å². The molecule has 1 N–H and O–H groups in total. The Morgan fingerprint density at radius 1 is 1.36 bits per heavy atom. The van der Waals surface area contributed by atoms with Gasteiger partial charge in [-0.2, -0.15) is 11.3 Å². The molecule has 0 unspecified atom stereocenters. The predicted octanol–water partition coefficient (Wildman–Crippen LogP) is 2.99. The van der Waals surface area contributed by atoms with Crippen LogP contribution in [-0.4, -0.2) is 10.1 Å². The zero-order valence-corrected chi connectivity index (χ0v) is 9.62. The third-order valence-electron chi connectivity index (χ3n) is 1.88. The van der Waals surface area contributed by atoms with Gasteiger partial charge in [0.2, 0.25) is 0 Å². The second-order valence-electron chi connectivity index (χ2n) is 2.84. The summed E-state index contributed by atoms with van der Waals surface area (Å²) in [5.74, 6) is 0. The van der Waals surface area contributed by atoms with E-state index < -0.39 is 6.10 Å². The van der Waals surface area contributed by atoms with Crippen LogP contribution in [0.15, 0.2) is 39.6 Å². The van der Waals surface area contributed by atoms with Crippen LogP contribution in [0.25, 0.3) is 0 Å². The minimum Gasteiger partial charge on any atom is -0.382 e. The molecule has 14 heavy (non-hydrogen) atoms. The molecule has 0 aliphatic heterocycles. The van der Waals surface area contributed by atoms with Crippen molar-refractivity contribution in [3.05, 3.63) is 50.9 Å². The summed E-state index contributed by atoms with van der Waals surface area (Å²) in [6.45, 7) is 0. The van der Waals surface area contributed by atoms with Crippen molar-refractivity contribution in [1.82, 2.24) is 4.98 Å². The molecule has 0 aromatic carbocycles. The predicted molar refractivity (Wildman–Crippen MR) is 60.3 cm³/mol. The second-order valence-corrected chi connectivity index (χ2v) is 4.44. The first kappa shape index (κ1) is 9.83. The lowest BCUT2D eigenvalue weighted by molar-refractivity contribution is 0.215. The highest BCUT2D eigenvalue weighted by molar-refractivity contribution is 9.10. The summed E-state index contributed by atoms with van der Waals surface area (Å²) < 4.78 is 0.740. The van der Waals surface area contributed by atoms with E-state index >= 15 is 0 Å². The highest BCUT2D eigenvalue weighted by atomic mass is 79.9. The molecule has 4 heteroatoms. The Kier molecular flexibility index (Phi) is 2.96. The van der Waals surface area contributed by atoms with Crippen LogP contribution in [0.2, 0.25) is 0 Å². The maximum atomic E-state index is 9.93. The molecule has 2 aromatic heterocycles. The smallest absolute Gasteiger partial charge is 0.122 e. The minimum atomic E-state index is -0.626. The minimum absolute atomic E-state index is 0.626. The summed E-state index contributed by atoms with van der Waals surface area (Å²) in [5.41, 5.74) is 1.55. The first-order chi connectivity index (χ1) is 6.77. The summed E-state index contributed by atoms with van der Waals surface area (Å²) >= 11 is 4.84. The summed E-state index contributed by atoms with van der Waals surface area (Å²) in [6, 6.07) is 7.41. The molecule has 0 saturated carbocycles. The lowest BCUT2D eigenvalue weighted by Gasteiger charge is -2.07. The molecule has 0 aliphatic rings. The van der Waals surface area contributed by atoms with E-state index in [-0.39, 0.29) is 0 Å². The zero-order valence-electron chi connectivity index (χ0n) is 7.22. The first-order valence-electron chi connectivity index (χ1n) is 4.10. The maximum absolute atomic E-state index is 9.93. The SMILES string of the molecule is O[C@@H](c1ccsc1)c1cccc(Br)n1. The number of rotatable bonds is 2. The van der Waals surface area contributed by atoms with E-state index in [0.717, 1.165) is 10.2 Å². The number of hydrogen-bond donors (Lipinski definition) is 1. The average Bonchev–Trinajstić information content (AvgIpc) is 2.69. The van der Waals surface area contributed by atoms with E-state index in [1.807, 2.05) is 35.0 Å². The average molecular weight is 270 g/mol. The van der Waals surface area contributed by atoms with E-state index in [0.29, 0.717) is 5.69 Å².